The zero-order valence-corrected chi connectivity index (χ0v) is 16.4. The van der Waals surface area contributed by atoms with Gasteiger partial charge in [-0.15, -0.1) is 0 Å². The molecule has 0 bridgehead atoms. The highest BCUT2D eigenvalue weighted by Crippen LogP contribution is 2.27. The predicted octanol–water partition coefficient (Wildman–Crippen LogP) is 5.60. The first-order chi connectivity index (χ1) is 14.8. The van der Waals surface area contributed by atoms with E-state index < -0.39 is 0 Å². The average Bonchev–Trinajstić information content (AvgIpc) is 2.79. The van der Waals surface area contributed by atoms with Crippen LogP contribution in [-0.4, -0.2) is 21.2 Å². The fraction of sp³-hybridized carbons (Fsp3) is 0.0400. The average molecular weight is 389 g/mol. The first kappa shape index (κ1) is 17.9. The molecule has 0 amide bonds. The van der Waals surface area contributed by atoms with E-state index in [0.29, 0.717) is 5.95 Å². The lowest BCUT2D eigenvalue weighted by Gasteiger charge is -2.09. The molecule has 3 aromatic carbocycles. The molecule has 5 rings (SSSR count). The van der Waals surface area contributed by atoms with Gasteiger partial charge in [-0.3, -0.25) is 4.98 Å². The summed E-state index contributed by atoms with van der Waals surface area (Å²) in [6.07, 6.45) is 3.56. The van der Waals surface area contributed by atoms with Crippen LogP contribution in [0.5, 0.6) is 0 Å². The van der Waals surface area contributed by atoms with Gasteiger partial charge in [0.25, 0.3) is 0 Å². The number of anilines is 1. The Bertz CT molecular complexity index is 1370. The summed E-state index contributed by atoms with van der Waals surface area (Å²) in [5.74, 6) is 0.457. The van der Waals surface area contributed by atoms with Crippen molar-refractivity contribution in [3.05, 3.63) is 96.2 Å². The maximum atomic E-state index is 4.75. The maximum absolute atomic E-state index is 4.75. The van der Waals surface area contributed by atoms with E-state index in [1.54, 1.807) is 12.4 Å². The van der Waals surface area contributed by atoms with Crippen molar-refractivity contribution in [3.8, 4) is 11.3 Å². The summed E-state index contributed by atoms with van der Waals surface area (Å²) >= 11 is 0. The molecule has 5 aromatic rings. The number of para-hydroxylation sites is 1. The number of hydrazone groups is 1. The summed E-state index contributed by atoms with van der Waals surface area (Å²) in [7, 11) is 0. The fourth-order valence-corrected chi connectivity index (χ4v) is 3.46. The zero-order chi connectivity index (χ0) is 20.3. The Balaban J connectivity index is 1.51. The number of aryl methyl sites for hydroxylation is 1. The minimum absolute atomic E-state index is 0.457. The minimum atomic E-state index is 0.457. The molecule has 5 heteroatoms. The highest BCUT2D eigenvalue weighted by atomic mass is 15.3. The molecule has 2 aromatic heterocycles. The van der Waals surface area contributed by atoms with Crippen LogP contribution in [0.4, 0.5) is 5.95 Å². The van der Waals surface area contributed by atoms with E-state index in [1.165, 1.54) is 5.56 Å². The number of fused-ring (bicyclic) bond motifs is 2. The number of rotatable bonds is 4. The summed E-state index contributed by atoms with van der Waals surface area (Å²) < 4.78 is 0. The standard InChI is InChI=1S/C25H19N5/c1-17-11-13-18(14-12-17)24-21-7-2-3-9-23(21)28-25(29-24)30-27-16-19-6-4-10-22-20(19)8-5-15-26-22/h2-16H,1H3,(H,28,29,30)/b27-16-. The van der Waals surface area contributed by atoms with E-state index in [-0.39, 0.29) is 0 Å². The molecule has 0 atom stereocenters. The van der Waals surface area contributed by atoms with Crippen molar-refractivity contribution in [1.29, 1.82) is 0 Å². The van der Waals surface area contributed by atoms with Gasteiger partial charge in [-0.2, -0.15) is 5.10 Å². The van der Waals surface area contributed by atoms with Crippen LogP contribution < -0.4 is 5.43 Å². The molecule has 2 heterocycles. The Kier molecular flexibility index (Phi) is 4.62. The van der Waals surface area contributed by atoms with E-state index in [2.05, 4.69) is 51.7 Å². The molecule has 0 unspecified atom stereocenters. The SMILES string of the molecule is Cc1ccc(-c2nc(N/N=C\c3cccc4ncccc34)nc3ccccc23)cc1. The van der Waals surface area contributed by atoms with Crippen LogP contribution in [0, 0.1) is 6.92 Å². The monoisotopic (exact) mass is 389 g/mol. The second-order valence-corrected chi connectivity index (χ2v) is 7.07. The molecule has 0 saturated heterocycles. The highest BCUT2D eigenvalue weighted by Gasteiger charge is 2.09. The second-order valence-electron chi connectivity index (χ2n) is 7.07. The fourth-order valence-electron chi connectivity index (χ4n) is 3.46. The van der Waals surface area contributed by atoms with Gasteiger partial charge in [0.15, 0.2) is 0 Å². The Morgan fingerprint density at radius 1 is 0.767 bits per heavy atom. The number of aromatic nitrogens is 3. The maximum Gasteiger partial charge on any atom is 0.244 e. The molecular weight excluding hydrogens is 370 g/mol. The normalized spacial score (nSPS) is 11.4. The Hall–Kier alpha value is -4.12. The molecule has 0 aliphatic heterocycles. The topological polar surface area (TPSA) is 63.1 Å². The van der Waals surface area contributed by atoms with Gasteiger partial charge in [0.05, 0.1) is 22.9 Å². The van der Waals surface area contributed by atoms with E-state index >= 15 is 0 Å². The van der Waals surface area contributed by atoms with Gasteiger partial charge in [0.1, 0.15) is 0 Å². The van der Waals surface area contributed by atoms with Gasteiger partial charge in [-0.05, 0) is 25.1 Å². The van der Waals surface area contributed by atoms with Crippen molar-refractivity contribution in [2.45, 2.75) is 6.92 Å². The van der Waals surface area contributed by atoms with Gasteiger partial charge < -0.3 is 0 Å². The van der Waals surface area contributed by atoms with Crippen molar-refractivity contribution in [1.82, 2.24) is 15.0 Å². The van der Waals surface area contributed by atoms with Crippen LogP contribution in [0.3, 0.4) is 0 Å². The third kappa shape index (κ3) is 3.49. The molecule has 0 spiro atoms. The Morgan fingerprint density at radius 2 is 1.57 bits per heavy atom. The Morgan fingerprint density at radius 3 is 2.47 bits per heavy atom. The first-order valence-corrected chi connectivity index (χ1v) is 9.74. The summed E-state index contributed by atoms with van der Waals surface area (Å²) in [6, 6.07) is 26.3. The third-order valence-electron chi connectivity index (χ3n) is 4.98. The van der Waals surface area contributed by atoms with Crippen LogP contribution >= 0.6 is 0 Å². The van der Waals surface area contributed by atoms with Gasteiger partial charge >= 0.3 is 0 Å². The van der Waals surface area contributed by atoms with Crippen molar-refractivity contribution in [2.24, 2.45) is 5.10 Å². The quantitative estimate of drug-likeness (QED) is 0.321. The van der Waals surface area contributed by atoms with E-state index in [0.717, 1.165) is 38.6 Å². The lowest BCUT2D eigenvalue weighted by molar-refractivity contribution is 1.16. The minimum Gasteiger partial charge on any atom is -0.256 e. The molecule has 0 aliphatic carbocycles. The van der Waals surface area contributed by atoms with Crippen LogP contribution in [0.25, 0.3) is 33.1 Å². The summed E-state index contributed by atoms with van der Waals surface area (Å²) in [5.41, 5.74) is 8.93. The van der Waals surface area contributed by atoms with Crippen molar-refractivity contribution < 1.29 is 0 Å². The van der Waals surface area contributed by atoms with E-state index in [9.17, 15) is 0 Å². The largest absolute Gasteiger partial charge is 0.256 e. The third-order valence-corrected chi connectivity index (χ3v) is 4.98. The molecule has 0 fully saturated rings. The number of pyridine rings is 1. The summed E-state index contributed by atoms with van der Waals surface area (Å²) in [6.45, 7) is 2.08. The number of nitrogens with zero attached hydrogens (tertiary/aromatic N) is 4. The second kappa shape index (κ2) is 7.72. The van der Waals surface area contributed by atoms with Crippen molar-refractivity contribution >= 4 is 34.0 Å². The highest BCUT2D eigenvalue weighted by molar-refractivity contribution is 5.98. The summed E-state index contributed by atoms with van der Waals surface area (Å²) in [4.78, 5) is 13.8. The molecular formula is C25H19N5. The van der Waals surface area contributed by atoms with Crippen LogP contribution in [0.1, 0.15) is 11.1 Å². The van der Waals surface area contributed by atoms with Crippen LogP contribution in [0.15, 0.2) is 90.2 Å². The molecule has 0 saturated carbocycles. The number of hydrogen-bond donors (Lipinski definition) is 1. The zero-order valence-electron chi connectivity index (χ0n) is 16.4. The predicted molar refractivity (Wildman–Crippen MR) is 123 cm³/mol. The summed E-state index contributed by atoms with van der Waals surface area (Å²) in [5, 5.41) is 6.45. The number of benzene rings is 3. The molecule has 0 radical (unpaired) electrons. The molecule has 5 nitrogen and oxygen atoms in total. The van der Waals surface area contributed by atoms with E-state index in [1.807, 2.05) is 54.6 Å². The van der Waals surface area contributed by atoms with Crippen molar-refractivity contribution in [2.75, 3.05) is 5.43 Å². The van der Waals surface area contributed by atoms with Gasteiger partial charge in [0, 0.05) is 28.1 Å². The first-order valence-electron chi connectivity index (χ1n) is 9.74. The Labute approximate surface area is 174 Å². The lowest BCUT2D eigenvalue weighted by atomic mass is 10.1. The van der Waals surface area contributed by atoms with Gasteiger partial charge in [-0.1, -0.05) is 66.2 Å². The van der Waals surface area contributed by atoms with Crippen LogP contribution in [0.2, 0.25) is 0 Å². The van der Waals surface area contributed by atoms with Gasteiger partial charge in [0.2, 0.25) is 5.95 Å². The van der Waals surface area contributed by atoms with Crippen LogP contribution in [-0.2, 0) is 0 Å². The molecule has 1 N–H and O–H groups in total. The van der Waals surface area contributed by atoms with E-state index in [4.69, 9.17) is 4.98 Å². The number of hydrogen-bond acceptors (Lipinski definition) is 5. The molecule has 0 aliphatic rings. The smallest absolute Gasteiger partial charge is 0.244 e. The van der Waals surface area contributed by atoms with Crippen molar-refractivity contribution in [3.63, 3.8) is 0 Å². The van der Waals surface area contributed by atoms with Gasteiger partial charge in [-0.25, -0.2) is 15.4 Å². The number of nitrogens with one attached hydrogen (secondary N) is 1. The molecule has 144 valence electrons. The molecule has 30 heavy (non-hydrogen) atoms. The lowest BCUT2D eigenvalue weighted by Crippen LogP contribution is -2.00.